The topological polar surface area (TPSA) is 77.4 Å². The Bertz CT molecular complexity index is 437. The van der Waals surface area contributed by atoms with Gasteiger partial charge in [0, 0.05) is 30.7 Å². The van der Waals surface area contributed by atoms with Crippen LogP contribution in [-0.4, -0.2) is 79.9 Å². The Morgan fingerprint density at radius 3 is 2.00 bits per heavy atom. The fourth-order valence-electron chi connectivity index (χ4n) is 3.10. The highest BCUT2D eigenvalue weighted by atomic mass is 35.5. The zero-order chi connectivity index (χ0) is 22.6. The van der Waals surface area contributed by atoms with Gasteiger partial charge in [-0.15, -0.1) is 34.8 Å². The molecule has 0 bridgehead atoms. The van der Waals surface area contributed by atoms with Gasteiger partial charge in [-0.25, -0.2) is 0 Å². The average molecular weight is 518 g/mol. The van der Waals surface area contributed by atoms with Gasteiger partial charge in [-0.05, 0) is 19.5 Å². The van der Waals surface area contributed by atoms with Crippen LogP contribution < -0.4 is 0 Å². The second-order valence-electron chi connectivity index (χ2n) is 7.39. The van der Waals surface area contributed by atoms with Crippen molar-refractivity contribution in [3.63, 3.8) is 0 Å². The van der Waals surface area contributed by atoms with Crippen LogP contribution in [0.1, 0.15) is 33.1 Å². The van der Waals surface area contributed by atoms with E-state index in [1.807, 2.05) is 13.1 Å². The van der Waals surface area contributed by atoms with E-state index in [0.717, 1.165) is 12.8 Å². The number of hydrogen-bond donors (Lipinski definition) is 2. The highest BCUT2D eigenvalue weighted by Crippen LogP contribution is 2.51. The molecule has 0 amide bonds. The fraction of sp³-hybridized carbons (Fsp3) is 1.00. The van der Waals surface area contributed by atoms with Crippen molar-refractivity contribution in [3.8, 4) is 0 Å². The molecule has 2 N–H and O–H groups in total. The molecule has 0 aliphatic rings. The van der Waals surface area contributed by atoms with E-state index >= 15 is 0 Å². The highest BCUT2D eigenvalue weighted by molar-refractivity contribution is 6.81. The van der Waals surface area contributed by atoms with Crippen LogP contribution >= 0.6 is 46.4 Å². The Hall–Kier alpha value is 1.14. The minimum atomic E-state index is -2.85. The van der Waals surface area contributed by atoms with Crippen LogP contribution in [0.3, 0.4) is 0 Å². The molecule has 4 unspecified atom stereocenters. The van der Waals surface area contributed by atoms with Crippen molar-refractivity contribution in [1.29, 1.82) is 0 Å². The SMILES string of the molecule is CCCCO[Si](C)(C)C(Cl)(OCCCl)C(C)(CC(O)OCCCl)C(O)OCCCl. The summed E-state index contributed by atoms with van der Waals surface area (Å²) in [5, 5.41) is 21.4. The second kappa shape index (κ2) is 15.1. The van der Waals surface area contributed by atoms with Gasteiger partial charge in [0.2, 0.25) is 8.32 Å². The lowest BCUT2D eigenvalue weighted by Crippen LogP contribution is -2.67. The van der Waals surface area contributed by atoms with Gasteiger partial charge < -0.3 is 28.8 Å². The van der Waals surface area contributed by atoms with Crippen molar-refractivity contribution in [2.45, 2.75) is 63.5 Å². The number of aliphatic hydroxyl groups excluding tert-OH is 2. The number of alkyl halides is 4. The molecule has 0 aliphatic heterocycles. The first-order valence-electron chi connectivity index (χ1n) is 9.80. The summed E-state index contributed by atoms with van der Waals surface area (Å²) >= 11 is 24.4. The van der Waals surface area contributed by atoms with Gasteiger partial charge in [0.15, 0.2) is 17.3 Å². The molecular weight excluding hydrogens is 482 g/mol. The number of halogens is 4. The molecule has 0 saturated carbocycles. The Morgan fingerprint density at radius 2 is 1.48 bits per heavy atom. The minimum absolute atomic E-state index is 0.0767. The fourth-order valence-corrected chi connectivity index (χ4v) is 6.66. The Balaban J connectivity index is 6.02. The largest absolute Gasteiger partial charge is 0.413 e. The van der Waals surface area contributed by atoms with Gasteiger partial charge in [0.25, 0.3) is 0 Å². The quantitative estimate of drug-likeness (QED) is 0.122. The summed E-state index contributed by atoms with van der Waals surface area (Å²) in [7, 11) is -2.85. The maximum absolute atomic E-state index is 10.9. The summed E-state index contributed by atoms with van der Waals surface area (Å²) in [6.07, 6.45) is -0.891. The molecule has 6 nitrogen and oxygen atoms in total. The zero-order valence-corrected chi connectivity index (χ0v) is 21.8. The molecule has 0 spiro atoms. The molecule has 0 rings (SSSR count). The molecule has 4 atom stereocenters. The number of hydrogen-bond acceptors (Lipinski definition) is 6. The van der Waals surface area contributed by atoms with Gasteiger partial charge in [-0.2, -0.15) is 0 Å². The standard InChI is InChI=1S/C18H36Cl4O6Si/c1-5-6-10-28-29(3,4)18(22,27-13-9-21)17(2,16(24)26-12-8-20)14-15(23)25-11-7-19/h15-16,23-24H,5-14H2,1-4H3. The maximum Gasteiger partial charge on any atom is 0.237 e. The van der Waals surface area contributed by atoms with E-state index in [-0.39, 0.29) is 43.9 Å². The molecule has 0 aliphatic carbocycles. The summed E-state index contributed by atoms with van der Waals surface area (Å²) in [6, 6.07) is 0. The van der Waals surface area contributed by atoms with Crippen LogP contribution in [0.25, 0.3) is 0 Å². The molecule has 11 heteroatoms. The maximum atomic E-state index is 10.9. The van der Waals surface area contributed by atoms with E-state index in [1.54, 1.807) is 6.92 Å². The van der Waals surface area contributed by atoms with Crippen LogP contribution in [-0.2, 0) is 18.6 Å². The third-order valence-electron chi connectivity index (χ3n) is 4.73. The van der Waals surface area contributed by atoms with Crippen molar-refractivity contribution in [1.82, 2.24) is 0 Å². The van der Waals surface area contributed by atoms with Gasteiger partial charge in [0.1, 0.15) is 0 Å². The number of aliphatic hydroxyl groups is 2. The normalized spacial score (nSPS) is 18.8. The predicted octanol–water partition coefficient (Wildman–Crippen LogP) is 4.28. The van der Waals surface area contributed by atoms with Crippen molar-refractivity contribution < 1.29 is 28.8 Å². The van der Waals surface area contributed by atoms with Crippen molar-refractivity contribution in [2.24, 2.45) is 5.41 Å². The summed E-state index contributed by atoms with van der Waals surface area (Å²) in [6.45, 7) is 8.43. The van der Waals surface area contributed by atoms with Crippen LogP contribution in [0.2, 0.25) is 13.1 Å². The van der Waals surface area contributed by atoms with Crippen molar-refractivity contribution in [3.05, 3.63) is 0 Å². The lowest BCUT2D eigenvalue weighted by atomic mass is 9.85. The second-order valence-corrected chi connectivity index (χ2v) is 13.4. The average Bonchev–Trinajstić information content (AvgIpc) is 2.68. The monoisotopic (exact) mass is 516 g/mol. The summed E-state index contributed by atoms with van der Waals surface area (Å²) < 4.78 is 21.6. The third kappa shape index (κ3) is 8.89. The molecule has 176 valence electrons. The molecular formula is C18H36Cl4O6Si. The van der Waals surface area contributed by atoms with Crippen molar-refractivity contribution in [2.75, 3.05) is 44.1 Å². The van der Waals surface area contributed by atoms with E-state index in [1.165, 1.54) is 0 Å². The van der Waals surface area contributed by atoms with Crippen molar-refractivity contribution >= 4 is 54.7 Å². The van der Waals surface area contributed by atoms with Crippen LogP contribution in [0, 0.1) is 5.41 Å². The van der Waals surface area contributed by atoms with E-state index in [9.17, 15) is 10.2 Å². The first kappa shape index (κ1) is 30.1. The number of rotatable bonds is 18. The van der Waals surface area contributed by atoms with Crippen LogP contribution in [0.15, 0.2) is 0 Å². The lowest BCUT2D eigenvalue weighted by molar-refractivity contribution is -0.234. The van der Waals surface area contributed by atoms with Gasteiger partial charge >= 0.3 is 0 Å². The molecule has 0 aromatic heterocycles. The molecule has 0 aromatic rings. The van der Waals surface area contributed by atoms with Gasteiger partial charge in [-0.3, -0.25) is 0 Å². The Labute approximate surface area is 196 Å². The lowest BCUT2D eigenvalue weighted by Gasteiger charge is -2.52. The summed E-state index contributed by atoms with van der Waals surface area (Å²) in [5.41, 5.74) is -1.31. The summed E-state index contributed by atoms with van der Waals surface area (Å²) in [4.78, 5) is 0. The highest BCUT2D eigenvalue weighted by Gasteiger charge is 2.64. The predicted molar refractivity (Wildman–Crippen MR) is 122 cm³/mol. The smallest absolute Gasteiger partial charge is 0.237 e. The Kier molecular flexibility index (Phi) is 15.7. The third-order valence-corrected chi connectivity index (χ3v) is 10.3. The molecule has 0 fully saturated rings. The van der Waals surface area contributed by atoms with Gasteiger partial charge in [0.05, 0.1) is 25.2 Å². The van der Waals surface area contributed by atoms with E-state index < -0.39 is 31.0 Å². The van der Waals surface area contributed by atoms with Gasteiger partial charge in [-0.1, -0.05) is 31.9 Å². The Morgan fingerprint density at radius 1 is 0.931 bits per heavy atom. The van der Waals surface area contributed by atoms with E-state index in [4.69, 9.17) is 65.0 Å². The van der Waals surface area contributed by atoms with E-state index in [0.29, 0.717) is 6.61 Å². The molecule has 0 heterocycles. The zero-order valence-electron chi connectivity index (χ0n) is 17.8. The van der Waals surface area contributed by atoms with Crippen LogP contribution in [0.5, 0.6) is 0 Å². The minimum Gasteiger partial charge on any atom is -0.413 e. The first-order valence-corrected chi connectivity index (χ1v) is 14.7. The molecule has 0 saturated heterocycles. The van der Waals surface area contributed by atoms with E-state index in [2.05, 4.69) is 6.92 Å². The summed E-state index contributed by atoms with van der Waals surface area (Å²) in [5.74, 6) is 0.603. The first-order chi connectivity index (χ1) is 13.6. The number of ether oxygens (including phenoxy) is 3. The molecule has 0 radical (unpaired) electrons. The molecule has 29 heavy (non-hydrogen) atoms. The number of unbranched alkanes of at least 4 members (excludes halogenated alkanes) is 1. The van der Waals surface area contributed by atoms with Crippen LogP contribution in [0.4, 0.5) is 0 Å². The molecule has 0 aromatic carbocycles.